The number of unbranched alkanes of at least 4 members (excludes halogenated alkanes) is 1. The van der Waals surface area contributed by atoms with Gasteiger partial charge in [-0.2, -0.15) is 0 Å². The van der Waals surface area contributed by atoms with Crippen molar-refractivity contribution in [3.05, 3.63) is 53.2 Å². The molecule has 0 saturated carbocycles. The highest BCUT2D eigenvalue weighted by Gasteiger charge is 2.16. The number of carbonyl (C=O) groups excluding carboxylic acids is 1. The van der Waals surface area contributed by atoms with Crippen molar-refractivity contribution in [1.82, 2.24) is 10.3 Å². The first-order valence-corrected chi connectivity index (χ1v) is 7.44. The van der Waals surface area contributed by atoms with Gasteiger partial charge in [0.25, 0.3) is 5.91 Å². The van der Waals surface area contributed by atoms with Crippen molar-refractivity contribution < 1.29 is 18.0 Å². The Bertz CT molecular complexity index is 673. The average Bonchev–Trinajstić information content (AvgIpc) is 3.03. The van der Waals surface area contributed by atoms with Crippen molar-refractivity contribution in [3.63, 3.8) is 0 Å². The molecule has 7 heteroatoms. The molecule has 3 N–H and O–H groups in total. The lowest BCUT2D eigenvalue weighted by Crippen LogP contribution is -2.23. The van der Waals surface area contributed by atoms with Gasteiger partial charge in [-0.25, -0.2) is 13.8 Å². The number of nitrogens with two attached hydrogens (primary N) is 1. The van der Waals surface area contributed by atoms with E-state index < -0.39 is 17.5 Å². The minimum Gasteiger partial charge on any atom is -0.446 e. The molecule has 1 aromatic carbocycles. The Balaban J connectivity index is 1.93. The molecule has 0 aliphatic rings. The van der Waals surface area contributed by atoms with Gasteiger partial charge in [-0.05, 0) is 24.1 Å². The van der Waals surface area contributed by atoms with E-state index in [2.05, 4.69) is 17.2 Å². The molecule has 0 spiro atoms. The lowest BCUT2D eigenvalue weighted by Gasteiger charge is -2.05. The Labute approximate surface area is 132 Å². The summed E-state index contributed by atoms with van der Waals surface area (Å²) in [5, 5.41) is 2.57. The van der Waals surface area contributed by atoms with Crippen molar-refractivity contribution in [1.29, 1.82) is 0 Å². The molecule has 1 atom stereocenters. The van der Waals surface area contributed by atoms with Gasteiger partial charge < -0.3 is 15.5 Å². The molecule has 0 bridgehead atoms. The highest BCUT2D eigenvalue weighted by atomic mass is 19.2. The normalized spacial score (nSPS) is 12.2. The standard InChI is InChI=1S/C16H19F2N3O2/c1-2-3-4-13(19)16-21-14(9-23-16)15(22)20-8-10-5-6-11(17)12(18)7-10/h5-7,9,13H,2-4,8,19H2,1H3,(H,20,22). The summed E-state index contributed by atoms with van der Waals surface area (Å²) in [4.78, 5) is 16.0. The van der Waals surface area contributed by atoms with Crippen LogP contribution in [-0.2, 0) is 6.54 Å². The lowest BCUT2D eigenvalue weighted by molar-refractivity contribution is 0.0946. The first kappa shape index (κ1) is 17.1. The monoisotopic (exact) mass is 323 g/mol. The Morgan fingerprint density at radius 2 is 2.17 bits per heavy atom. The summed E-state index contributed by atoms with van der Waals surface area (Å²) in [6.07, 6.45) is 3.92. The molecular formula is C16H19F2N3O2. The van der Waals surface area contributed by atoms with Crippen LogP contribution in [0.4, 0.5) is 8.78 Å². The van der Waals surface area contributed by atoms with Crippen molar-refractivity contribution in [3.8, 4) is 0 Å². The second-order valence-electron chi connectivity index (χ2n) is 5.25. The van der Waals surface area contributed by atoms with Crippen LogP contribution in [0.2, 0.25) is 0 Å². The van der Waals surface area contributed by atoms with Crippen LogP contribution in [0.15, 0.2) is 28.9 Å². The number of carbonyl (C=O) groups is 1. The summed E-state index contributed by atoms with van der Waals surface area (Å²) < 4.78 is 31.1. The van der Waals surface area contributed by atoms with E-state index in [9.17, 15) is 13.6 Å². The summed E-state index contributed by atoms with van der Waals surface area (Å²) in [7, 11) is 0. The molecule has 124 valence electrons. The number of benzene rings is 1. The average molecular weight is 323 g/mol. The van der Waals surface area contributed by atoms with Crippen molar-refractivity contribution in [2.45, 2.75) is 38.8 Å². The Kier molecular flexibility index (Phi) is 5.81. The zero-order chi connectivity index (χ0) is 16.8. The molecule has 23 heavy (non-hydrogen) atoms. The van der Waals surface area contributed by atoms with Crippen molar-refractivity contribution >= 4 is 5.91 Å². The number of aromatic nitrogens is 1. The van der Waals surface area contributed by atoms with Crippen LogP contribution < -0.4 is 11.1 Å². The second-order valence-corrected chi connectivity index (χ2v) is 5.25. The van der Waals surface area contributed by atoms with Gasteiger partial charge in [-0.3, -0.25) is 4.79 Å². The van der Waals surface area contributed by atoms with Crippen LogP contribution in [0.25, 0.3) is 0 Å². The van der Waals surface area contributed by atoms with E-state index in [4.69, 9.17) is 10.2 Å². The van der Waals surface area contributed by atoms with Gasteiger partial charge in [0.15, 0.2) is 17.3 Å². The molecule has 1 aromatic heterocycles. The summed E-state index contributed by atoms with van der Waals surface area (Å²) in [5.74, 6) is -2.03. The zero-order valence-corrected chi connectivity index (χ0v) is 12.8. The summed E-state index contributed by atoms with van der Waals surface area (Å²) in [6.45, 7) is 2.11. The number of hydrogen-bond donors (Lipinski definition) is 2. The van der Waals surface area contributed by atoms with E-state index in [1.54, 1.807) is 0 Å². The van der Waals surface area contributed by atoms with E-state index in [-0.39, 0.29) is 18.3 Å². The summed E-state index contributed by atoms with van der Waals surface area (Å²) in [5.41, 5.74) is 6.48. The first-order chi connectivity index (χ1) is 11.0. The van der Waals surface area contributed by atoms with Crippen LogP contribution in [0.5, 0.6) is 0 Å². The van der Waals surface area contributed by atoms with Gasteiger partial charge >= 0.3 is 0 Å². The smallest absolute Gasteiger partial charge is 0.273 e. The molecule has 0 radical (unpaired) electrons. The van der Waals surface area contributed by atoms with Gasteiger partial charge in [0.1, 0.15) is 6.26 Å². The van der Waals surface area contributed by atoms with Crippen LogP contribution >= 0.6 is 0 Å². The minimum atomic E-state index is -0.956. The van der Waals surface area contributed by atoms with Gasteiger partial charge in [0.05, 0.1) is 6.04 Å². The van der Waals surface area contributed by atoms with Crippen LogP contribution in [0.3, 0.4) is 0 Å². The third-order valence-corrected chi connectivity index (χ3v) is 3.38. The number of nitrogens with zero attached hydrogens (tertiary/aromatic N) is 1. The second kappa shape index (κ2) is 7.82. The largest absolute Gasteiger partial charge is 0.446 e. The zero-order valence-electron chi connectivity index (χ0n) is 12.8. The number of nitrogens with one attached hydrogen (secondary N) is 1. The molecule has 1 unspecified atom stereocenters. The molecule has 1 amide bonds. The maximum atomic E-state index is 13.1. The minimum absolute atomic E-state index is 0.0557. The van der Waals surface area contributed by atoms with E-state index in [1.165, 1.54) is 12.3 Å². The quantitative estimate of drug-likeness (QED) is 0.820. The van der Waals surface area contributed by atoms with Crippen LogP contribution in [-0.4, -0.2) is 10.9 Å². The van der Waals surface area contributed by atoms with Gasteiger partial charge in [-0.1, -0.05) is 25.8 Å². The predicted molar refractivity (Wildman–Crippen MR) is 80.5 cm³/mol. The maximum Gasteiger partial charge on any atom is 0.273 e. The number of oxazole rings is 1. The lowest BCUT2D eigenvalue weighted by atomic mass is 10.1. The molecule has 2 rings (SSSR count). The van der Waals surface area contributed by atoms with Crippen molar-refractivity contribution in [2.24, 2.45) is 5.73 Å². The van der Waals surface area contributed by atoms with Crippen LogP contribution in [0, 0.1) is 11.6 Å². The van der Waals surface area contributed by atoms with E-state index in [1.807, 2.05) is 0 Å². The number of amides is 1. The molecule has 0 fully saturated rings. The summed E-state index contributed by atoms with van der Waals surface area (Å²) >= 11 is 0. The van der Waals surface area contributed by atoms with E-state index in [0.717, 1.165) is 31.4 Å². The molecule has 0 aliphatic heterocycles. The third kappa shape index (κ3) is 4.59. The summed E-state index contributed by atoms with van der Waals surface area (Å²) in [6, 6.07) is 3.10. The highest BCUT2D eigenvalue weighted by Crippen LogP contribution is 2.16. The van der Waals surface area contributed by atoms with E-state index >= 15 is 0 Å². The molecule has 5 nitrogen and oxygen atoms in total. The Morgan fingerprint density at radius 1 is 1.39 bits per heavy atom. The maximum absolute atomic E-state index is 13.1. The fourth-order valence-corrected chi connectivity index (χ4v) is 2.03. The fraction of sp³-hybridized carbons (Fsp3) is 0.375. The number of rotatable bonds is 7. The Morgan fingerprint density at radius 3 is 2.87 bits per heavy atom. The molecular weight excluding hydrogens is 304 g/mol. The predicted octanol–water partition coefficient (Wildman–Crippen LogP) is 3.07. The fourth-order valence-electron chi connectivity index (χ4n) is 2.03. The molecule has 0 aliphatic carbocycles. The third-order valence-electron chi connectivity index (χ3n) is 3.38. The van der Waals surface area contributed by atoms with Crippen LogP contribution in [0.1, 0.15) is 54.2 Å². The van der Waals surface area contributed by atoms with Gasteiger partial charge in [0.2, 0.25) is 5.89 Å². The topological polar surface area (TPSA) is 81.1 Å². The molecule has 2 aromatic rings. The van der Waals surface area contributed by atoms with Gasteiger partial charge in [-0.15, -0.1) is 0 Å². The number of hydrogen-bond acceptors (Lipinski definition) is 4. The first-order valence-electron chi connectivity index (χ1n) is 7.44. The SMILES string of the molecule is CCCCC(N)c1nc(C(=O)NCc2ccc(F)c(F)c2)co1. The van der Waals surface area contributed by atoms with Crippen molar-refractivity contribution in [2.75, 3.05) is 0 Å². The Hall–Kier alpha value is -2.28. The molecule has 0 saturated heterocycles. The van der Waals surface area contributed by atoms with E-state index in [0.29, 0.717) is 11.5 Å². The van der Waals surface area contributed by atoms with Gasteiger partial charge in [0, 0.05) is 6.54 Å². The molecule has 1 heterocycles. The highest BCUT2D eigenvalue weighted by molar-refractivity contribution is 5.91. The number of halogens is 2.